The number of hydrogen-bond acceptors (Lipinski definition) is 5. The van der Waals surface area contributed by atoms with Gasteiger partial charge in [-0.2, -0.15) is 0 Å². The number of nitrogens with one attached hydrogen (secondary N) is 1. The van der Waals surface area contributed by atoms with Crippen molar-refractivity contribution in [3.8, 4) is 0 Å². The van der Waals surface area contributed by atoms with Gasteiger partial charge in [-0.05, 0) is 20.3 Å². The first-order chi connectivity index (χ1) is 7.60. The van der Waals surface area contributed by atoms with Crippen LogP contribution < -0.4 is 5.32 Å². The van der Waals surface area contributed by atoms with Crippen LogP contribution in [0.4, 0.5) is 0 Å². The Morgan fingerprint density at radius 3 is 2.44 bits per heavy atom. The van der Waals surface area contributed by atoms with Gasteiger partial charge in [0.2, 0.25) is 0 Å². The Bertz CT molecular complexity index is 149. The van der Waals surface area contributed by atoms with Gasteiger partial charge in [0.25, 0.3) is 0 Å². The molecular weight excluding hydrogens is 210 g/mol. The lowest BCUT2D eigenvalue weighted by Crippen LogP contribution is -2.40. The van der Waals surface area contributed by atoms with Crippen LogP contribution in [-0.4, -0.2) is 61.9 Å². The molecular formula is C11H25NO4. The van der Waals surface area contributed by atoms with E-state index in [1.165, 1.54) is 0 Å². The molecule has 2 unspecified atom stereocenters. The largest absolute Gasteiger partial charge is 0.396 e. The Morgan fingerprint density at radius 2 is 1.94 bits per heavy atom. The molecule has 0 saturated heterocycles. The molecule has 0 heterocycles. The second-order valence-electron chi connectivity index (χ2n) is 4.11. The molecule has 0 aliphatic rings. The van der Waals surface area contributed by atoms with Crippen LogP contribution in [0.1, 0.15) is 20.3 Å². The van der Waals surface area contributed by atoms with Crippen LogP contribution in [0.5, 0.6) is 0 Å². The molecule has 0 spiro atoms. The Kier molecular flexibility index (Phi) is 9.86. The van der Waals surface area contributed by atoms with Gasteiger partial charge in [-0.25, -0.2) is 0 Å². The molecule has 98 valence electrons. The number of aliphatic hydroxyl groups is 2. The third kappa shape index (κ3) is 9.06. The molecule has 0 aliphatic carbocycles. The van der Waals surface area contributed by atoms with E-state index in [2.05, 4.69) is 5.32 Å². The highest BCUT2D eigenvalue weighted by Gasteiger charge is 2.11. The Labute approximate surface area is 97.8 Å². The summed E-state index contributed by atoms with van der Waals surface area (Å²) in [5.41, 5.74) is 0. The normalized spacial score (nSPS) is 15.4. The van der Waals surface area contributed by atoms with E-state index in [4.69, 9.17) is 14.6 Å². The zero-order valence-corrected chi connectivity index (χ0v) is 10.5. The maximum Gasteiger partial charge on any atom is 0.0897 e. The summed E-state index contributed by atoms with van der Waals surface area (Å²) in [4.78, 5) is 0. The number of hydrogen-bond donors (Lipinski definition) is 3. The van der Waals surface area contributed by atoms with Crippen molar-refractivity contribution in [2.75, 3.05) is 33.5 Å². The summed E-state index contributed by atoms with van der Waals surface area (Å²) >= 11 is 0. The first-order valence-electron chi connectivity index (χ1n) is 5.73. The van der Waals surface area contributed by atoms with Crippen molar-refractivity contribution >= 4 is 0 Å². The van der Waals surface area contributed by atoms with Crippen LogP contribution in [0.2, 0.25) is 0 Å². The molecule has 0 bridgehead atoms. The fraction of sp³-hybridized carbons (Fsp3) is 1.00. The van der Waals surface area contributed by atoms with Crippen molar-refractivity contribution in [3.05, 3.63) is 0 Å². The predicted octanol–water partition coefficient (Wildman–Crippen LogP) is -0.241. The summed E-state index contributed by atoms with van der Waals surface area (Å²) in [6.07, 6.45) is 0.216. The minimum absolute atomic E-state index is 0.0729. The second kappa shape index (κ2) is 9.99. The van der Waals surface area contributed by atoms with E-state index < -0.39 is 6.10 Å². The van der Waals surface area contributed by atoms with E-state index >= 15 is 0 Å². The number of rotatable bonds is 10. The Morgan fingerprint density at radius 1 is 1.25 bits per heavy atom. The average Bonchev–Trinajstić information content (AvgIpc) is 2.23. The van der Waals surface area contributed by atoms with Gasteiger partial charge in [0.05, 0.1) is 25.4 Å². The lowest BCUT2D eigenvalue weighted by molar-refractivity contribution is 0.00395. The fourth-order valence-corrected chi connectivity index (χ4v) is 1.27. The van der Waals surface area contributed by atoms with Gasteiger partial charge in [0, 0.05) is 26.3 Å². The summed E-state index contributed by atoms with van der Waals surface area (Å²) < 4.78 is 10.3. The van der Waals surface area contributed by atoms with Gasteiger partial charge in [0.1, 0.15) is 0 Å². The lowest BCUT2D eigenvalue weighted by Gasteiger charge is -2.20. The number of aliphatic hydroxyl groups excluding tert-OH is 2. The first kappa shape index (κ1) is 15.8. The molecule has 0 aromatic carbocycles. The summed E-state index contributed by atoms with van der Waals surface area (Å²) in [6.45, 7) is 5.27. The molecule has 0 amide bonds. The predicted molar refractivity (Wildman–Crippen MR) is 62.5 cm³/mol. The molecule has 0 fully saturated rings. The first-order valence-corrected chi connectivity index (χ1v) is 5.73. The minimum Gasteiger partial charge on any atom is -0.396 e. The SMILES string of the molecule is COCC(CCO)NCC(O)COC(C)C. The van der Waals surface area contributed by atoms with Crippen molar-refractivity contribution in [3.63, 3.8) is 0 Å². The quantitative estimate of drug-likeness (QED) is 0.487. The third-order valence-corrected chi connectivity index (χ3v) is 2.11. The summed E-state index contributed by atoms with van der Waals surface area (Å²) in [5, 5.41) is 21.5. The average molecular weight is 235 g/mol. The molecule has 16 heavy (non-hydrogen) atoms. The van der Waals surface area contributed by atoms with Crippen LogP contribution in [0.3, 0.4) is 0 Å². The monoisotopic (exact) mass is 235 g/mol. The molecule has 0 aromatic heterocycles. The van der Waals surface area contributed by atoms with E-state index in [0.29, 0.717) is 26.2 Å². The smallest absolute Gasteiger partial charge is 0.0897 e. The van der Waals surface area contributed by atoms with Crippen molar-refractivity contribution in [2.24, 2.45) is 0 Å². The van der Waals surface area contributed by atoms with Crippen LogP contribution in [0.15, 0.2) is 0 Å². The zero-order chi connectivity index (χ0) is 12.4. The highest BCUT2D eigenvalue weighted by molar-refractivity contribution is 4.68. The second-order valence-corrected chi connectivity index (χ2v) is 4.11. The minimum atomic E-state index is -0.527. The van der Waals surface area contributed by atoms with E-state index in [0.717, 1.165) is 0 Å². The molecule has 5 nitrogen and oxygen atoms in total. The molecule has 0 aromatic rings. The maximum absolute atomic E-state index is 9.59. The molecule has 5 heteroatoms. The van der Waals surface area contributed by atoms with E-state index in [1.807, 2.05) is 13.8 Å². The standard InChI is InChI=1S/C11H25NO4/c1-9(2)16-8-11(14)6-12-10(4-5-13)7-15-3/h9-14H,4-8H2,1-3H3. The van der Waals surface area contributed by atoms with E-state index in [1.54, 1.807) is 7.11 Å². The van der Waals surface area contributed by atoms with Gasteiger partial charge < -0.3 is 25.0 Å². The molecule has 0 radical (unpaired) electrons. The van der Waals surface area contributed by atoms with Crippen molar-refractivity contribution in [1.29, 1.82) is 0 Å². The number of ether oxygens (including phenoxy) is 2. The summed E-state index contributed by atoms with van der Waals surface area (Å²) in [6, 6.07) is 0.0729. The van der Waals surface area contributed by atoms with Crippen molar-refractivity contribution < 1.29 is 19.7 Å². The van der Waals surface area contributed by atoms with Gasteiger partial charge in [-0.15, -0.1) is 0 Å². The van der Waals surface area contributed by atoms with Crippen LogP contribution in [-0.2, 0) is 9.47 Å². The van der Waals surface area contributed by atoms with E-state index in [9.17, 15) is 5.11 Å². The molecule has 3 N–H and O–H groups in total. The highest BCUT2D eigenvalue weighted by Crippen LogP contribution is 1.95. The Balaban J connectivity index is 3.64. The van der Waals surface area contributed by atoms with Crippen LogP contribution in [0, 0.1) is 0 Å². The molecule has 0 rings (SSSR count). The van der Waals surface area contributed by atoms with Gasteiger partial charge in [-0.1, -0.05) is 0 Å². The van der Waals surface area contributed by atoms with Crippen molar-refractivity contribution in [1.82, 2.24) is 5.32 Å². The molecule has 2 atom stereocenters. The zero-order valence-electron chi connectivity index (χ0n) is 10.5. The highest BCUT2D eigenvalue weighted by atomic mass is 16.5. The Hall–Kier alpha value is -0.200. The molecule has 0 aliphatic heterocycles. The lowest BCUT2D eigenvalue weighted by atomic mass is 10.2. The fourth-order valence-electron chi connectivity index (χ4n) is 1.27. The van der Waals surface area contributed by atoms with Gasteiger partial charge in [0.15, 0.2) is 0 Å². The topological polar surface area (TPSA) is 71.0 Å². The maximum atomic E-state index is 9.59. The van der Waals surface area contributed by atoms with Crippen LogP contribution >= 0.6 is 0 Å². The summed E-state index contributed by atoms with van der Waals surface area (Å²) in [7, 11) is 1.62. The third-order valence-electron chi connectivity index (χ3n) is 2.11. The van der Waals surface area contributed by atoms with Gasteiger partial charge in [-0.3, -0.25) is 0 Å². The number of methoxy groups -OCH3 is 1. The molecule has 0 saturated carbocycles. The van der Waals surface area contributed by atoms with Crippen molar-refractivity contribution in [2.45, 2.75) is 38.5 Å². The van der Waals surface area contributed by atoms with E-state index in [-0.39, 0.29) is 18.8 Å². The van der Waals surface area contributed by atoms with Gasteiger partial charge >= 0.3 is 0 Å². The summed E-state index contributed by atoms with van der Waals surface area (Å²) in [5.74, 6) is 0. The van der Waals surface area contributed by atoms with Crippen LogP contribution in [0.25, 0.3) is 0 Å².